The molecule has 5 nitrogen and oxygen atoms in total. The summed E-state index contributed by atoms with van der Waals surface area (Å²) in [7, 11) is 4.14. The Balaban J connectivity index is 1.96. The second-order valence-electron chi connectivity index (χ2n) is 4.65. The third-order valence-electron chi connectivity index (χ3n) is 2.84. The molecule has 0 unspecified atom stereocenters. The van der Waals surface area contributed by atoms with E-state index >= 15 is 0 Å². The van der Waals surface area contributed by atoms with Crippen LogP contribution in [0.15, 0.2) is 0 Å². The summed E-state index contributed by atoms with van der Waals surface area (Å²) in [6.45, 7) is 5.71. The number of carbonyl (C=O) groups is 1. The van der Waals surface area contributed by atoms with E-state index in [1.165, 1.54) is 0 Å². The van der Waals surface area contributed by atoms with E-state index in [9.17, 15) is 4.79 Å². The van der Waals surface area contributed by atoms with Crippen molar-refractivity contribution in [3.05, 3.63) is 0 Å². The van der Waals surface area contributed by atoms with E-state index in [0.29, 0.717) is 19.6 Å². The molecule has 1 heterocycles. The van der Waals surface area contributed by atoms with E-state index in [1.807, 2.05) is 4.90 Å². The van der Waals surface area contributed by atoms with Crippen LogP contribution in [0.2, 0.25) is 0 Å². The highest BCUT2D eigenvalue weighted by atomic mass is 16.5. The third kappa shape index (κ3) is 6.61. The van der Waals surface area contributed by atoms with Crippen molar-refractivity contribution in [1.82, 2.24) is 15.1 Å². The van der Waals surface area contributed by atoms with Crippen LogP contribution < -0.4 is 5.32 Å². The Morgan fingerprint density at radius 2 is 2.00 bits per heavy atom. The number of carbonyl (C=O) groups excluding carboxylic acids is 1. The Bertz CT molecular complexity index is 216. The van der Waals surface area contributed by atoms with Crippen molar-refractivity contribution in [2.45, 2.75) is 12.8 Å². The van der Waals surface area contributed by atoms with Crippen molar-refractivity contribution in [2.75, 3.05) is 60.0 Å². The average Bonchev–Trinajstić information content (AvgIpc) is 2.34. The molecule has 0 atom stereocenters. The van der Waals surface area contributed by atoms with Crippen LogP contribution in [-0.4, -0.2) is 75.7 Å². The first-order valence-electron chi connectivity index (χ1n) is 6.41. The minimum atomic E-state index is 0.244. The first kappa shape index (κ1) is 14.4. The van der Waals surface area contributed by atoms with Crippen molar-refractivity contribution in [2.24, 2.45) is 0 Å². The van der Waals surface area contributed by atoms with Gasteiger partial charge >= 0.3 is 0 Å². The minimum absolute atomic E-state index is 0.244. The molecule has 1 fully saturated rings. The van der Waals surface area contributed by atoms with Crippen molar-refractivity contribution >= 4 is 5.91 Å². The maximum absolute atomic E-state index is 11.8. The third-order valence-corrected chi connectivity index (χ3v) is 2.84. The molecule has 1 rings (SSSR count). The molecule has 1 aliphatic rings. The predicted molar refractivity (Wildman–Crippen MR) is 68.1 cm³/mol. The molecule has 0 aromatic heterocycles. The molecule has 100 valence electrons. The quantitative estimate of drug-likeness (QED) is 0.628. The molecular formula is C12H25N3O2. The molecule has 0 aromatic carbocycles. The smallest absolute Gasteiger partial charge is 0.224 e. The van der Waals surface area contributed by atoms with Crippen molar-refractivity contribution < 1.29 is 9.53 Å². The summed E-state index contributed by atoms with van der Waals surface area (Å²) in [5, 5.41) is 3.31. The molecule has 5 heteroatoms. The van der Waals surface area contributed by atoms with E-state index in [-0.39, 0.29) is 5.91 Å². The molecule has 0 bridgehead atoms. The predicted octanol–water partition coefficient (Wildman–Crippen LogP) is -0.223. The van der Waals surface area contributed by atoms with Gasteiger partial charge in [0.25, 0.3) is 0 Å². The first-order chi connectivity index (χ1) is 8.20. The zero-order valence-corrected chi connectivity index (χ0v) is 11.1. The summed E-state index contributed by atoms with van der Waals surface area (Å²) >= 11 is 0. The van der Waals surface area contributed by atoms with Gasteiger partial charge in [-0.1, -0.05) is 0 Å². The normalized spacial score (nSPS) is 16.5. The number of ether oxygens (including phenoxy) is 1. The molecule has 0 saturated carbocycles. The van der Waals surface area contributed by atoms with Crippen LogP contribution in [0.5, 0.6) is 0 Å². The molecule has 0 spiro atoms. The zero-order valence-electron chi connectivity index (χ0n) is 11.1. The molecular weight excluding hydrogens is 218 g/mol. The summed E-state index contributed by atoms with van der Waals surface area (Å²) in [6.07, 6.45) is 1.72. The lowest BCUT2D eigenvalue weighted by atomic mass is 10.3. The summed E-state index contributed by atoms with van der Waals surface area (Å²) < 4.78 is 5.22. The summed E-state index contributed by atoms with van der Waals surface area (Å²) in [5.41, 5.74) is 0. The maximum Gasteiger partial charge on any atom is 0.224 e. The standard InChI is InChI=1S/C12H25N3O2/c1-14(2)7-3-5-13-6-4-12(16)15-8-10-17-11-9-15/h13H,3-11H2,1-2H3. The number of hydrogen-bond donors (Lipinski definition) is 1. The molecule has 1 aliphatic heterocycles. The van der Waals surface area contributed by atoms with Crippen LogP contribution in [0.3, 0.4) is 0 Å². The van der Waals surface area contributed by atoms with E-state index in [0.717, 1.165) is 39.1 Å². The second kappa shape index (κ2) is 8.44. The van der Waals surface area contributed by atoms with Gasteiger partial charge in [-0.15, -0.1) is 0 Å². The highest BCUT2D eigenvalue weighted by Crippen LogP contribution is 1.99. The lowest BCUT2D eigenvalue weighted by Crippen LogP contribution is -2.41. The van der Waals surface area contributed by atoms with Crippen LogP contribution >= 0.6 is 0 Å². The van der Waals surface area contributed by atoms with E-state index in [2.05, 4.69) is 24.3 Å². The Morgan fingerprint density at radius 3 is 2.65 bits per heavy atom. The van der Waals surface area contributed by atoms with Crippen molar-refractivity contribution in [1.29, 1.82) is 0 Å². The van der Waals surface area contributed by atoms with Gasteiger partial charge in [0, 0.05) is 26.1 Å². The lowest BCUT2D eigenvalue weighted by Gasteiger charge is -2.26. The molecule has 1 amide bonds. The average molecular weight is 243 g/mol. The number of rotatable bonds is 7. The molecule has 1 N–H and O–H groups in total. The Morgan fingerprint density at radius 1 is 1.29 bits per heavy atom. The van der Waals surface area contributed by atoms with Gasteiger partial charge in [-0.05, 0) is 33.6 Å². The number of nitrogens with one attached hydrogen (secondary N) is 1. The maximum atomic E-state index is 11.8. The van der Waals surface area contributed by atoms with Crippen LogP contribution in [-0.2, 0) is 9.53 Å². The Hall–Kier alpha value is -0.650. The zero-order chi connectivity index (χ0) is 12.5. The summed E-state index contributed by atoms with van der Waals surface area (Å²) in [6, 6.07) is 0. The molecule has 0 aliphatic carbocycles. The fraction of sp³-hybridized carbons (Fsp3) is 0.917. The van der Waals surface area contributed by atoms with Gasteiger partial charge in [0.2, 0.25) is 5.91 Å². The number of nitrogens with zero attached hydrogens (tertiary/aromatic N) is 2. The molecule has 17 heavy (non-hydrogen) atoms. The van der Waals surface area contributed by atoms with Gasteiger partial charge < -0.3 is 19.9 Å². The van der Waals surface area contributed by atoms with E-state index in [4.69, 9.17) is 4.74 Å². The SMILES string of the molecule is CN(C)CCCNCCC(=O)N1CCOCC1. The monoisotopic (exact) mass is 243 g/mol. The van der Waals surface area contributed by atoms with Gasteiger partial charge in [-0.25, -0.2) is 0 Å². The summed E-state index contributed by atoms with van der Waals surface area (Å²) in [4.78, 5) is 15.8. The number of hydrogen-bond acceptors (Lipinski definition) is 4. The fourth-order valence-electron chi connectivity index (χ4n) is 1.81. The van der Waals surface area contributed by atoms with Crippen LogP contribution in [0.4, 0.5) is 0 Å². The minimum Gasteiger partial charge on any atom is -0.378 e. The van der Waals surface area contributed by atoms with Crippen molar-refractivity contribution in [3.63, 3.8) is 0 Å². The van der Waals surface area contributed by atoms with Gasteiger partial charge in [0.1, 0.15) is 0 Å². The highest BCUT2D eigenvalue weighted by Gasteiger charge is 2.15. The topological polar surface area (TPSA) is 44.8 Å². The number of amides is 1. The second-order valence-corrected chi connectivity index (χ2v) is 4.65. The van der Waals surface area contributed by atoms with Gasteiger partial charge in [-0.3, -0.25) is 4.79 Å². The number of morpholine rings is 1. The Labute approximate surface area is 104 Å². The van der Waals surface area contributed by atoms with E-state index in [1.54, 1.807) is 0 Å². The first-order valence-corrected chi connectivity index (χ1v) is 6.41. The molecule has 0 radical (unpaired) electrons. The van der Waals surface area contributed by atoms with Crippen LogP contribution in [0.25, 0.3) is 0 Å². The van der Waals surface area contributed by atoms with E-state index < -0.39 is 0 Å². The highest BCUT2D eigenvalue weighted by molar-refractivity contribution is 5.76. The van der Waals surface area contributed by atoms with Crippen LogP contribution in [0, 0.1) is 0 Å². The summed E-state index contributed by atoms with van der Waals surface area (Å²) in [5.74, 6) is 0.244. The van der Waals surface area contributed by atoms with Crippen LogP contribution in [0.1, 0.15) is 12.8 Å². The van der Waals surface area contributed by atoms with Gasteiger partial charge in [0.15, 0.2) is 0 Å². The Kier molecular flexibility index (Phi) is 7.16. The lowest BCUT2D eigenvalue weighted by molar-refractivity contribution is -0.135. The van der Waals surface area contributed by atoms with Crippen molar-refractivity contribution in [3.8, 4) is 0 Å². The molecule has 1 saturated heterocycles. The molecule has 0 aromatic rings. The largest absolute Gasteiger partial charge is 0.378 e. The van der Waals surface area contributed by atoms with Gasteiger partial charge in [0.05, 0.1) is 13.2 Å². The van der Waals surface area contributed by atoms with Gasteiger partial charge in [-0.2, -0.15) is 0 Å². The fourth-order valence-corrected chi connectivity index (χ4v) is 1.81.